The molecule has 1 fully saturated rings. The molecular formula is C15H18N2O3. The number of benzene rings is 1. The van der Waals surface area contributed by atoms with Gasteiger partial charge in [0, 0.05) is 13.6 Å². The molecule has 1 aliphatic rings. The van der Waals surface area contributed by atoms with Gasteiger partial charge in [0.15, 0.2) is 6.10 Å². The summed E-state index contributed by atoms with van der Waals surface area (Å²) in [5, 5.41) is 2.72. The average Bonchev–Trinajstić information content (AvgIpc) is 2.48. The molecule has 5 heteroatoms. The van der Waals surface area contributed by atoms with E-state index in [-0.39, 0.29) is 18.4 Å². The molecule has 106 valence electrons. The second-order valence-electron chi connectivity index (χ2n) is 4.63. The Morgan fingerprint density at radius 2 is 2.20 bits per heavy atom. The van der Waals surface area contributed by atoms with Crippen LogP contribution < -0.4 is 5.32 Å². The van der Waals surface area contributed by atoms with Gasteiger partial charge in [-0.3, -0.25) is 9.59 Å². The van der Waals surface area contributed by atoms with Gasteiger partial charge in [-0.25, -0.2) is 0 Å². The summed E-state index contributed by atoms with van der Waals surface area (Å²) in [6.07, 6.45) is 0.896. The highest BCUT2D eigenvalue weighted by atomic mass is 16.5. The third kappa shape index (κ3) is 2.88. The summed E-state index contributed by atoms with van der Waals surface area (Å²) < 4.78 is 5.45. The van der Waals surface area contributed by atoms with E-state index in [1.807, 2.05) is 30.3 Å². The van der Waals surface area contributed by atoms with Crippen LogP contribution in [0.3, 0.4) is 0 Å². The Kier molecular flexibility index (Phi) is 4.53. The SMILES string of the molecule is C=CCNC(=O)[C@H]1OCC(=O)N(C)[C@@H]1c1ccccc1. The highest BCUT2D eigenvalue weighted by molar-refractivity contribution is 5.86. The molecule has 1 aromatic rings. The van der Waals surface area contributed by atoms with Crippen molar-refractivity contribution in [3.8, 4) is 0 Å². The van der Waals surface area contributed by atoms with E-state index in [4.69, 9.17) is 4.74 Å². The molecular weight excluding hydrogens is 256 g/mol. The Labute approximate surface area is 118 Å². The minimum absolute atomic E-state index is 0.0774. The standard InChI is InChI=1S/C15H18N2O3/c1-3-9-16-15(19)14-13(11-7-5-4-6-8-11)17(2)12(18)10-20-14/h3-8,13-14H,1,9-10H2,2H3,(H,16,19)/t13-,14+/m1/s1. The van der Waals surface area contributed by atoms with Gasteiger partial charge in [0.2, 0.25) is 5.91 Å². The summed E-state index contributed by atoms with van der Waals surface area (Å²) in [6, 6.07) is 9.00. The van der Waals surface area contributed by atoms with Gasteiger partial charge in [-0.2, -0.15) is 0 Å². The molecule has 2 amide bonds. The number of amides is 2. The maximum atomic E-state index is 12.2. The van der Waals surface area contributed by atoms with Crippen LogP contribution in [0.2, 0.25) is 0 Å². The molecule has 1 aromatic carbocycles. The van der Waals surface area contributed by atoms with E-state index in [2.05, 4.69) is 11.9 Å². The molecule has 20 heavy (non-hydrogen) atoms. The van der Waals surface area contributed by atoms with Gasteiger partial charge in [-0.05, 0) is 5.56 Å². The molecule has 2 rings (SSSR count). The molecule has 0 radical (unpaired) electrons. The minimum atomic E-state index is -0.708. The smallest absolute Gasteiger partial charge is 0.251 e. The largest absolute Gasteiger partial charge is 0.356 e. The summed E-state index contributed by atoms with van der Waals surface area (Å²) >= 11 is 0. The van der Waals surface area contributed by atoms with Crippen LogP contribution in [0.1, 0.15) is 11.6 Å². The molecule has 0 aliphatic carbocycles. The number of likely N-dealkylation sites (N-methyl/N-ethyl adjacent to an activating group) is 1. The van der Waals surface area contributed by atoms with E-state index in [0.717, 1.165) is 5.56 Å². The molecule has 5 nitrogen and oxygen atoms in total. The quantitative estimate of drug-likeness (QED) is 0.829. The van der Waals surface area contributed by atoms with Gasteiger partial charge in [0.25, 0.3) is 5.91 Å². The first-order chi connectivity index (χ1) is 9.65. The van der Waals surface area contributed by atoms with Gasteiger partial charge in [-0.15, -0.1) is 6.58 Å². The third-order valence-electron chi connectivity index (χ3n) is 3.30. The first kappa shape index (κ1) is 14.3. The van der Waals surface area contributed by atoms with Crippen molar-refractivity contribution < 1.29 is 14.3 Å². The van der Waals surface area contributed by atoms with E-state index in [0.29, 0.717) is 6.54 Å². The van der Waals surface area contributed by atoms with E-state index in [1.165, 1.54) is 0 Å². The molecule has 0 aromatic heterocycles. The number of ether oxygens (including phenoxy) is 1. The van der Waals surface area contributed by atoms with Crippen LogP contribution in [0, 0.1) is 0 Å². The third-order valence-corrected chi connectivity index (χ3v) is 3.30. The Hall–Kier alpha value is -2.14. The molecule has 0 spiro atoms. The van der Waals surface area contributed by atoms with Crippen LogP contribution in [0.25, 0.3) is 0 Å². The lowest BCUT2D eigenvalue weighted by atomic mass is 9.97. The number of nitrogens with one attached hydrogen (secondary N) is 1. The number of hydrogen-bond donors (Lipinski definition) is 1. The lowest BCUT2D eigenvalue weighted by Gasteiger charge is -2.38. The van der Waals surface area contributed by atoms with E-state index in [1.54, 1.807) is 18.0 Å². The highest BCUT2D eigenvalue weighted by Crippen LogP contribution is 2.28. The first-order valence-corrected chi connectivity index (χ1v) is 6.46. The van der Waals surface area contributed by atoms with Gasteiger partial charge in [0.05, 0.1) is 6.04 Å². The van der Waals surface area contributed by atoms with Crippen molar-refractivity contribution >= 4 is 11.8 Å². The fourth-order valence-corrected chi connectivity index (χ4v) is 2.25. The molecule has 1 heterocycles. The predicted molar refractivity (Wildman–Crippen MR) is 74.9 cm³/mol. The second kappa shape index (κ2) is 6.34. The van der Waals surface area contributed by atoms with E-state index in [9.17, 15) is 9.59 Å². The van der Waals surface area contributed by atoms with Crippen molar-refractivity contribution in [3.63, 3.8) is 0 Å². The maximum absolute atomic E-state index is 12.2. The maximum Gasteiger partial charge on any atom is 0.251 e. The molecule has 1 N–H and O–H groups in total. The van der Waals surface area contributed by atoms with E-state index >= 15 is 0 Å². The van der Waals surface area contributed by atoms with Crippen LogP contribution in [0.15, 0.2) is 43.0 Å². The Morgan fingerprint density at radius 3 is 2.85 bits per heavy atom. The molecule has 1 saturated heterocycles. The number of morpholine rings is 1. The van der Waals surface area contributed by atoms with Crippen LogP contribution in [-0.2, 0) is 14.3 Å². The number of hydrogen-bond acceptors (Lipinski definition) is 3. The van der Waals surface area contributed by atoms with Crippen molar-refractivity contribution in [3.05, 3.63) is 48.6 Å². The Balaban J connectivity index is 2.26. The van der Waals surface area contributed by atoms with Crippen molar-refractivity contribution in [1.82, 2.24) is 10.2 Å². The van der Waals surface area contributed by atoms with Gasteiger partial charge < -0.3 is 15.0 Å². The lowest BCUT2D eigenvalue weighted by molar-refractivity contribution is -0.162. The summed E-state index contributed by atoms with van der Waals surface area (Å²) in [5.41, 5.74) is 0.877. The molecule has 0 saturated carbocycles. The number of carbonyl (C=O) groups is 2. The normalized spacial score (nSPS) is 22.4. The van der Waals surface area contributed by atoms with Crippen LogP contribution in [-0.4, -0.2) is 43.0 Å². The van der Waals surface area contributed by atoms with Crippen LogP contribution in [0.5, 0.6) is 0 Å². The fraction of sp³-hybridized carbons (Fsp3) is 0.333. The summed E-state index contributed by atoms with van der Waals surface area (Å²) in [6.45, 7) is 3.86. The minimum Gasteiger partial charge on any atom is -0.356 e. The summed E-state index contributed by atoms with van der Waals surface area (Å²) in [5.74, 6) is -0.371. The monoisotopic (exact) mass is 274 g/mol. The molecule has 2 atom stereocenters. The molecule has 0 bridgehead atoms. The zero-order valence-corrected chi connectivity index (χ0v) is 11.4. The molecule has 0 unspecified atom stereocenters. The van der Waals surface area contributed by atoms with Crippen molar-refractivity contribution in [2.24, 2.45) is 0 Å². The van der Waals surface area contributed by atoms with Crippen molar-refractivity contribution in [2.45, 2.75) is 12.1 Å². The van der Waals surface area contributed by atoms with Crippen molar-refractivity contribution in [2.75, 3.05) is 20.2 Å². The highest BCUT2D eigenvalue weighted by Gasteiger charge is 2.39. The lowest BCUT2D eigenvalue weighted by Crippen LogP contribution is -2.53. The first-order valence-electron chi connectivity index (χ1n) is 6.46. The predicted octanol–water partition coefficient (Wildman–Crippen LogP) is 0.887. The second-order valence-corrected chi connectivity index (χ2v) is 4.63. The summed E-state index contributed by atoms with van der Waals surface area (Å²) in [4.78, 5) is 25.6. The van der Waals surface area contributed by atoms with Gasteiger partial charge in [0.1, 0.15) is 6.61 Å². The van der Waals surface area contributed by atoms with Gasteiger partial charge >= 0.3 is 0 Å². The number of nitrogens with zero attached hydrogens (tertiary/aromatic N) is 1. The Bertz CT molecular complexity index is 501. The Morgan fingerprint density at radius 1 is 1.50 bits per heavy atom. The van der Waals surface area contributed by atoms with E-state index < -0.39 is 12.1 Å². The zero-order chi connectivity index (χ0) is 14.5. The topological polar surface area (TPSA) is 58.6 Å². The number of rotatable bonds is 4. The fourth-order valence-electron chi connectivity index (χ4n) is 2.25. The van der Waals surface area contributed by atoms with Crippen LogP contribution in [0.4, 0.5) is 0 Å². The zero-order valence-electron chi connectivity index (χ0n) is 11.4. The van der Waals surface area contributed by atoms with Crippen molar-refractivity contribution in [1.29, 1.82) is 0 Å². The number of carbonyl (C=O) groups excluding carboxylic acids is 2. The summed E-state index contributed by atoms with van der Waals surface area (Å²) in [7, 11) is 1.69. The van der Waals surface area contributed by atoms with Gasteiger partial charge in [-0.1, -0.05) is 36.4 Å². The molecule has 1 aliphatic heterocycles. The van der Waals surface area contributed by atoms with Crippen LogP contribution >= 0.6 is 0 Å². The average molecular weight is 274 g/mol.